The molecular formula is C11H11BrN4. The van der Waals surface area contributed by atoms with E-state index in [2.05, 4.69) is 20.9 Å². The molecule has 4 N–H and O–H groups in total. The van der Waals surface area contributed by atoms with Gasteiger partial charge in [0.05, 0.1) is 17.4 Å². The van der Waals surface area contributed by atoms with E-state index in [9.17, 15) is 0 Å². The van der Waals surface area contributed by atoms with Crippen molar-refractivity contribution < 1.29 is 0 Å². The molecule has 16 heavy (non-hydrogen) atoms. The Morgan fingerprint density at radius 2 is 2.31 bits per heavy atom. The van der Waals surface area contributed by atoms with Crippen molar-refractivity contribution in [2.24, 2.45) is 11.5 Å². The van der Waals surface area contributed by atoms with Gasteiger partial charge in [-0.15, -0.1) is 0 Å². The van der Waals surface area contributed by atoms with Crippen LogP contribution in [0.3, 0.4) is 0 Å². The molecule has 0 amide bonds. The van der Waals surface area contributed by atoms with Crippen LogP contribution >= 0.6 is 15.9 Å². The number of pyridine rings is 1. The minimum absolute atomic E-state index is 0.569. The first-order valence-electron chi connectivity index (χ1n) is 4.70. The van der Waals surface area contributed by atoms with Crippen LogP contribution in [0.15, 0.2) is 47.4 Å². The average Bonchev–Trinajstić information content (AvgIpc) is 2.71. The highest BCUT2D eigenvalue weighted by Crippen LogP contribution is 2.20. The number of aromatic nitrogens is 2. The minimum Gasteiger partial charge on any atom is -0.405 e. The van der Waals surface area contributed by atoms with E-state index >= 15 is 0 Å². The van der Waals surface area contributed by atoms with Gasteiger partial charge in [-0.05, 0) is 46.4 Å². The Morgan fingerprint density at radius 3 is 3.06 bits per heavy atom. The molecule has 4 nitrogen and oxygen atoms in total. The fourth-order valence-electron chi connectivity index (χ4n) is 1.43. The van der Waals surface area contributed by atoms with Crippen LogP contribution in [-0.2, 0) is 0 Å². The van der Waals surface area contributed by atoms with Gasteiger partial charge >= 0.3 is 0 Å². The molecule has 0 unspecified atom stereocenters. The predicted molar refractivity (Wildman–Crippen MR) is 68.4 cm³/mol. The van der Waals surface area contributed by atoms with Gasteiger partial charge in [0.15, 0.2) is 5.82 Å². The highest BCUT2D eigenvalue weighted by molar-refractivity contribution is 9.10. The molecular weight excluding hydrogens is 268 g/mol. The molecule has 2 heterocycles. The van der Waals surface area contributed by atoms with Gasteiger partial charge in [0.2, 0.25) is 0 Å². The molecule has 2 aromatic rings. The predicted octanol–water partition coefficient (Wildman–Crippen LogP) is 1.87. The maximum absolute atomic E-state index is 5.90. The summed E-state index contributed by atoms with van der Waals surface area (Å²) in [6.07, 6.45) is 8.50. The number of nitrogens with two attached hydrogens (primary N) is 2. The van der Waals surface area contributed by atoms with Crippen LogP contribution in [0.1, 0.15) is 5.82 Å². The van der Waals surface area contributed by atoms with Gasteiger partial charge in [0, 0.05) is 10.7 Å². The number of fused-ring (bicyclic) bond motifs is 1. The van der Waals surface area contributed by atoms with E-state index in [1.165, 1.54) is 6.20 Å². The van der Waals surface area contributed by atoms with E-state index in [4.69, 9.17) is 11.5 Å². The van der Waals surface area contributed by atoms with Gasteiger partial charge < -0.3 is 11.5 Å². The van der Waals surface area contributed by atoms with Crippen molar-refractivity contribution in [3.8, 4) is 0 Å². The number of hydrogen-bond donors (Lipinski definition) is 2. The first kappa shape index (κ1) is 10.8. The van der Waals surface area contributed by atoms with Gasteiger partial charge in [-0.1, -0.05) is 0 Å². The SMILES string of the molecule is N/C=C\C=C(/N)c1ncc2c(Br)cccn12. The summed E-state index contributed by atoms with van der Waals surface area (Å²) in [4.78, 5) is 4.27. The van der Waals surface area contributed by atoms with Crippen molar-refractivity contribution in [1.29, 1.82) is 0 Å². The lowest BCUT2D eigenvalue weighted by Gasteiger charge is -2.01. The quantitative estimate of drug-likeness (QED) is 0.824. The summed E-state index contributed by atoms with van der Waals surface area (Å²) in [5.74, 6) is 0.703. The summed E-state index contributed by atoms with van der Waals surface area (Å²) in [5, 5.41) is 0. The highest BCUT2D eigenvalue weighted by atomic mass is 79.9. The second-order valence-corrected chi connectivity index (χ2v) is 4.05. The summed E-state index contributed by atoms with van der Waals surface area (Å²) >= 11 is 3.46. The van der Waals surface area contributed by atoms with E-state index in [-0.39, 0.29) is 0 Å². The Balaban J connectivity index is 2.58. The van der Waals surface area contributed by atoms with Crippen LogP contribution in [-0.4, -0.2) is 9.38 Å². The van der Waals surface area contributed by atoms with Crippen molar-refractivity contribution in [1.82, 2.24) is 9.38 Å². The molecule has 5 heteroatoms. The van der Waals surface area contributed by atoms with Crippen LogP contribution < -0.4 is 11.5 Å². The monoisotopic (exact) mass is 278 g/mol. The molecule has 2 aromatic heterocycles. The summed E-state index contributed by atoms with van der Waals surface area (Å²) in [6, 6.07) is 3.88. The number of imidazole rings is 1. The van der Waals surface area contributed by atoms with Crippen molar-refractivity contribution in [2.45, 2.75) is 0 Å². The Labute approximate surface area is 101 Å². The van der Waals surface area contributed by atoms with Crippen LogP contribution in [0.5, 0.6) is 0 Å². The lowest BCUT2D eigenvalue weighted by molar-refractivity contribution is 1.09. The van der Waals surface area contributed by atoms with Crippen LogP contribution in [0, 0.1) is 0 Å². The number of allylic oxidation sites excluding steroid dienone is 2. The van der Waals surface area contributed by atoms with E-state index in [1.54, 1.807) is 18.3 Å². The highest BCUT2D eigenvalue weighted by Gasteiger charge is 2.06. The van der Waals surface area contributed by atoms with Gasteiger partial charge in [-0.3, -0.25) is 4.40 Å². The smallest absolute Gasteiger partial charge is 0.160 e. The Hall–Kier alpha value is -1.75. The number of nitrogens with zero attached hydrogens (tertiary/aromatic N) is 2. The average molecular weight is 279 g/mol. The number of hydrogen-bond acceptors (Lipinski definition) is 3. The Kier molecular flexibility index (Phi) is 2.96. The van der Waals surface area contributed by atoms with Gasteiger partial charge in [-0.2, -0.15) is 0 Å². The fourth-order valence-corrected chi connectivity index (χ4v) is 1.88. The first-order valence-corrected chi connectivity index (χ1v) is 5.49. The van der Waals surface area contributed by atoms with Crippen molar-refractivity contribution in [2.75, 3.05) is 0 Å². The van der Waals surface area contributed by atoms with Crippen LogP contribution in [0.2, 0.25) is 0 Å². The summed E-state index contributed by atoms with van der Waals surface area (Å²) in [5.41, 5.74) is 12.7. The molecule has 2 rings (SSSR count). The summed E-state index contributed by atoms with van der Waals surface area (Å²) in [7, 11) is 0. The Morgan fingerprint density at radius 1 is 1.50 bits per heavy atom. The molecule has 0 bridgehead atoms. The van der Waals surface area contributed by atoms with E-state index in [1.807, 2.05) is 22.7 Å². The summed E-state index contributed by atoms with van der Waals surface area (Å²) in [6.45, 7) is 0. The summed E-state index contributed by atoms with van der Waals surface area (Å²) < 4.78 is 2.90. The van der Waals surface area contributed by atoms with Gasteiger partial charge in [0.25, 0.3) is 0 Å². The third kappa shape index (κ3) is 1.81. The van der Waals surface area contributed by atoms with Crippen LogP contribution in [0.25, 0.3) is 11.2 Å². The largest absolute Gasteiger partial charge is 0.405 e. The fraction of sp³-hybridized carbons (Fsp3) is 0. The first-order chi connectivity index (χ1) is 7.74. The molecule has 0 fully saturated rings. The molecule has 0 aliphatic rings. The molecule has 0 saturated carbocycles. The third-order valence-electron chi connectivity index (χ3n) is 2.16. The van der Waals surface area contributed by atoms with Crippen LogP contribution in [0.4, 0.5) is 0 Å². The van der Waals surface area contributed by atoms with Gasteiger partial charge in [0.1, 0.15) is 0 Å². The number of halogens is 1. The second-order valence-electron chi connectivity index (χ2n) is 3.20. The Bertz CT molecular complexity index is 568. The van der Waals surface area contributed by atoms with E-state index in [0.717, 1.165) is 9.99 Å². The molecule has 0 aliphatic carbocycles. The zero-order chi connectivity index (χ0) is 11.5. The molecule has 0 radical (unpaired) electrons. The molecule has 0 aromatic carbocycles. The van der Waals surface area contributed by atoms with Crippen molar-refractivity contribution in [3.05, 3.63) is 53.2 Å². The molecule has 0 aliphatic heterocycles. The maximum atomic E-state index is 5.90. The number of rotatable bonds is 2. The molecule has 0 spiro atoms. The lowest BCUT2D eigenvalue weighted by Crippen LogP contribution is -2.01. The lowest BCUT2D eigenvalue weighted by atomic mass is 10.3. The van der Waals surface area contributed by atoms with E-state index in [0.29, 0.717) is 11.5 Å². The van der Waals surface area contributed by atoms with Crippen molar-refractivity contribution in [3.63, 3.8) is 0 Å². The topological polar surface area (TPSA) is 69.3 Å². The minimum atomic E-state index is 0.569. The standard InChI is InChI=1S/C11H11BrN4/c12-8-3-2-6-16-10(8)7-15-11(16)9(14)4-1-5-13/h1-7H,13-14H2/b5-1-,9-4-. The second kappa shape index (κ2) is 4.40. The maximum Gasteiger partial charge on any atom is 0.160 e. The normalized spacial score (nSPS) is 12.7. The third-order valence-corrected chi connectivity index (χ3v) is 2.83. The molecule has 0 saturated heterocycles. The van der Waals surface area contributed by atoms with Crippen molar-refractivity contribution >= 4 is 27.1 Å². The molecule has 82 valence electrons. The zero-order valence-electron chi connectivity index (χ0n) is 8.47. The molecule has 0 atom stereocenters. The van der Waals surface area contributed by atoms with E-state index < -0.39 is 0 Å². The van der Waals surface area contributed by atoms with Gasteiger partial charge in [-0.25, -0.2) is 4.98 Å². The zero-order valence-corrected chi connectivity index (χ0v) is 10.1.